The average molecular weight is 155 g/mol. The number of aromatic nitrogens is 1. The van der Waals surface area contributed by atoms with Crippen molar-refractivity contribution in [2.24, 2.45) is 0 Å². The molecule has 52 valence electrons. The molecule has 0 N–H and O–H groups in total. The zero-order valence-corrected chi connectivity index (χ0v) is 5.97. The molecule has 0 radical (unpaired) electrons. The highest BCUT2D eigenvalue weighted by atomic mass is 32.1. The van der Waals surface area contributed by atoms with Crippen molar-refractivity contribution in [1.82, 2.24) is 4.98 Å². The maximum absolute atomic E-state index is 5.07. The first-order chi connectivity index (χ1) is 4.88. The SMILES string of the molecule is Sc1ccnc2c1OCO2. The van der Waals surface area contributed by atoms with E-state index in [4.69, 9.17) is 9.47 Å². The van der Waals surface area contributed by atoms with Crippen molar-refractivity contribution in [2.45, 2.75) is 4.90 Å². The van der Waals surface area contributed by atoms with Gasteiger partial charge in [-0.3, -0.25) is 0 Å². The second-order valence-corrected chi connectivity index (χ2v) is 2.35. The van der Waals surface area contributed by atoms with Crippen LogP contribution < -0.4 is 9.47 Å². The van der Waals surface area contributed by atoms with Gasteiger partial charge in [0.15, 0.2) is 5.75 Å². The molecule has 0 unspecified atom stereocenters. The van der Waals surface area contributed by atoms with E-state index in [1.54, 1.807) is 12.3 Å². The van der Waals surface area contributed by atoms with Gasteiger partial charge in [-0.15, -0.1) is 12.6 Å². The van der Waals surface area contributed by atoms with Crippen molar-refractivity contribution in [1.29, 1.82) is 0 Å². The molecule has 1 aromatic heterocycles. The van der Waals surface area contributed by atoms with Crippen LogP contribution in [0.2, 0.25) is 0 Å². The molecule has 0 aliphatic carbocycles. The highest BCUT2D eigenvalue weighted by Gasteiger charge is 2.16. The van der Waals surface area contributed by atoms with E-state index in [0.29, 0.717) is 11.6 Å². The molecule has 10 heavy (non-hydrogen) atoms. The molecular formula is C6H5NO2S. The third kappa shape index (κ3) is 0.724. The number of pyridine rings is 1. The monoisotopic (exact) mass is 155 g/mol. The normalized spacial score (nSPS) is 13.7. The van der Waals surface area contributed by atoms with Gasteiger partial charge in [0.05, 0.1) is 4.90 Å². The van der Waals surface area contributed by atoms with Crippen LogP contribution in [-0.2, 0) is 0 Å². The Morgan fingerprint density at radius 3 is 3.20 bits per heavy atom. The second kappa shape index (κ2) is 2.05. The van der Waals surface area contributed by atoms with Crippen molar-refractivity contribution in [3.63, 3.8) is 0 Å². The lowest BCUT2D eigenvalue weighted by Crippen LogP contribution is -1.93. The smallest absolute Gasteiger partial charge is 0.261 e. The molecule has 0 spiro atoms. The Labute approximate surface area is 63.4 Å². The van der Waals surface area contributed by atoms with Crippen LogP contribution in [-0.4, -0.2) is 11.8 Å². The molecule has 3 nitrogen and oxygen atoms in total. The summed E-state index contributed by atoms with van der Waals surface area (Å²) < 4.78 is 10.1. The van der Waals surface area contributed by atoms with E-state index in [1.807, 2.05) is 0 Å². The van der Waals surface area contributed by atoms with E-state index in [9.17, 15) is 0 Å². The number of thiol groups is 1. The number of rotatable bonds is 0. The topological polar surface area (TPSA) is 31.4 Å². The first kappa shape index (κ1) is 5.85. The first-order valence-electron chi connectivity index (χ1n) is 2.81. The Bertz CT molecular complexity index is 264. The molecular weight excluding hydrogens is 150 g/mol. The van der Waals surface area contributed by atoms with Gasteiger partial charge in [-0.25, -0.2) is 4.98 Å². The summed E-state index contributed by atoms with van der Waals surface area (Å²) in [7, 11) is 0. The van der Waals surface area contributed by atoms with E-state index < -0.39 is 0 Å². The molecule has 0 atom stereocenters. The Morgan fingerprint density at radius 1 is 1.50 bits per heavy atom. The molecule has 0 fully saturated rings. The molecule has 4 heteroatoms. The summed E-state index contributed by atoms with van der Waals surface area (Å²) in [5.41, 5.74) is 0. The summed E-state index contributed by atoms with van der Waals surface area (Å²) in [5.74, 6) is 1.18. The van der Waals surface area contributed by atoms with Gasteiger partial charge in [0, 0.05) is 6.20 Å². The minimum absolute atomic E-state index is 0.250. The highest BCUT2D eigenvalue weighted by Crippen LogP contribution is 2.34. The Hall–Kier alpha value is -0.900. The van der Waals surface area contributed by atoms with Crippen molar-refractivity contribution in [3.8, 4) is 11.6 Å². The van der Waals surface area contributed by atoms with Gasteiger partial charge < -0.3 is 9.47 Å². The summed E-state index contributed by atoms with van der Waals surface area (Å²) in [6.45, 7) is 0.250. The Balaban J connectivity index is 2.59. The van der Waals surface area contributed by atoms with E-state index in [2.05, 4.69) is 17.6 Å². The van der Waals surface area contributed by atoms with Crippen LogP contribution in [0.3, 0.4) is 0 Å². The summed E-state index contributed by atoms with van der Waals surface area (Å²) in [4.78, 5) is 4.69. The van der Waals surface area contributed by atoms with E-state index in [1.165, 1.54) is 0 Å². The second-order valence-electron chi connectivity index (χ2n) is 1.87. The molecule has 1 aromatic rings. The molecule has 0 saturated carbocycles. The lowest BCUT2D eigenvalue weighted by atomic mass is 10.4. The molecule has 2 rings (SSSR count). The Morgan fingerprint density at radius 2 is 2.40 bits per heavy atom. The van der Waals surface area contributed by atoms with Gasteiger partial charge in [-0.1, -0.05) is 0 Å². The fourth-order valence-corrected chi connectivity index (χ4v) is 1.03. The molecule has 0 bridgehead atoms. The van der Waals surface area contributed by atoms with Crippen molar-refractivity contribution in [2.75, 3.05) is 6.79 Å². The molecule has 1 aliphatic heterocycles. The van der Waals surface area contributed by atoms with Crippen LogP contribution in [0.4, 0.5) is 0 Å². The third-order valence-corrected chi connectivity index (χ3v) is 1.60. The van der Waals surface area contributed by atoms with Crippen molar-refractivity contribution in [3.05, 3.63) is 12.3 Å². The minimum atomic E-state index is 0.250. The fraction of sp³-hybridized carbons (Fsp3) is 0.167. The molecule has 0 saturated heterocycles. The average Bonchev–Trinajstić information content (AvgIpc) is 2.36. The third-order valence-electron chi connectivity index (χ3n) is 1.25. The number of fused-ring (bicyclic) bond motifs is 1. The molecule has 0 amide bonds. The van der Waals surface area contributed by atoms with Crippen LogP contribution in [0.1, 0.15) is 0 Å². The van der Waals surface area contributed by atoms with Gasteiger partial charge in [-0.2, -0.15) is 0 Å². The van der Waals surface area contributed by atoms with Gasteiger partial charge in [0.25, 0.3) is 5.88 Å². The first-order valence-corrected chi connectivity index (χ1v) is 3.26. The standard InChI is InChI=1S/C6H5NO2S/c10-4-1-2-7-6-5(4)8-3-9-6/h1-2H,3H2,(H,7,10). The number of hydrogen-bond donors (Lipinski definition) is 1. The summed E-state index contributed by atoms with van der Waals surface area (Å²) in [6, 6.07) is 1.76. The zero-order chi connectivity index (χ0) is 6.97. The van der Waals surface area contributed by atoms with Crippen LogP contribution in [0, 0.1) is 0 Å². The maximum Gasteiger partial charge on any atom is 0.261 e. The molecule has 1 aliphatic rings. The van der Waals surface area contributed by atoms with Crippen LogP contribution >= 0.6 is 12.6 Å². The largest absolute Gasteiger partial charge is 0.451 e. The highest BCUT2D eigenvalue weighted by molar-refractivity contribution is 7.80. The predicted octanol–water partition coefficient (Wildman–Crippen LogP) is 1.10. The van der Waals surface area contributed by atoms with E-state index in [-0.39, 0.29) is 6.79 Å². The van der Waals surface area contributed by atoms with Gasteiger partial charge in [0.2, 0.25) is 6.79 Å². The maximum atomic E-state index is 5.07. The van der Waals surface area contributed by atoms with E-state index in [0.717, 1.165) is 4.90 Å². The van der Waals surface area contributed by atoms with Crippen molar-refractivity contribution >= 4 is 12.6 Å². The van der Waals surface area contributed by atoms with Gasteiger partial charge >= 0.3 is 0 Å². The fourth-order valence-electron chi connectivity index (χ4n) is 0.802. The Kier molecular flexibility index (Phi) is 1.20. The summed E-state index contributed by atoms with van der Waals surface area (Å²) in [6.07, 6.45) is 1.63. The molecule has 0 aromatic carbocycles. The van der Waals surface area contributed by atoms with Gasteiger partial charge in [-0.05, 0) is 6.07 Å². The molecule has 2 heterocycles. The minimum Gasteiger partial charge on any atom is -0.451 e. The van der Waals surface area contributed by atoms with Crippen LogP contribution in [0.5, 0.6) is 11.6 Å². The van der Waals surface area contributed by atoms with Crippen LogP contribution in [0.15, 0.2) is 17.2 Å². The summed E-state index contributed by atoms with van der Waals surface area (Å²) >= 11 is 4.14. The van der Waals surface area contributed by atoms with Crippen molar-refractivity contribution < 1.29 is 9.47 Å². The predicted molar refractivity (Wildman–Crippen MR) is 37.6 cm³/mol. The lowest BCUT2D eigenvalue weighted by molar-refractivity contribution is 0.169. The summed E-state index contributed by atoms with van der Waals surface area (Å²) in [5, 5.41) is 0. The van der Waals surface area contributed by atoms with E-state index >= 15 is 0 Å². The van der Waals surface area contributed by atoms with Crippen LogP contribution in [0.25, 0.3) is 0 Å². The lowest BCUT2D eigenvalue weighted by Gasteiger charge is -1.95. The van der Waals surface area contributed by atoms with Gasteiger partial charge in [0.1, 0.15) is 0 Å². The quantitative estimate of drug-likeness (QED) is 0.569. The number of nitrogens with zero attached hydrogens (tertiary/aromatic N) is 1. The number of ether oxygens (including phenoxy) is 2. The number of hydrogen-bond acceptors (Lipinski definition) is 4. The zero-order valence-electron chi connectivity index (χ0n) is 5.07.